The molecule has 2 N–H and O–H groups in total. The van der Waals surface area contributed by atoms with E-state index >= 15 is 0 Å². The molecule has 0 aliphatic rings. The molecule has 0 radical (unpaired) electrons. The first-order chi connectivity index (χ1) is 10.1. The van der Waals surface area contributed by atoms with Crippen LogP contribution in [0.4, 0.5) is 16.2 Å². The Morgan fingerprint density at radius 1 is 1.14 bits per heavy atom. The van der Waals surface area contributed by atoms with Crippen LogP contribution in [0, 0.1) is 6.92 Å². The summed E-state index contributed by atoms with van der Waals surface area (Å²) < 4.78 is 6.32. The van der Waals surface area contributed by atoms with E-state index in [-0.39, 0.29) is 6.03 Å². The Kier molecular flexibility index (Phi) is 5.22. The van der Waals surface area contributed by atoms with Crippen LogP contribution in [0.25, 0.3) is 0 Å². The molecule has 0 spiro atoms. The third-order valence-electron chi connectivity index (χ3n) is 2.81. The van der Waals surface area contributed by atoms with Gasteiger partial charge in [0.1, 0.15) is 5.75 Å². The Bertz CT molecular complexity index is 644. The van der Waals surface area contributed by atoms with Gasteiger partial charge in [-0.15, -0.1) is 0 Å². The van der Waals surface area contributed by atoms with Crippen molar-refractivity contribution in [2.75, 3.05) is 17.2 Å². The van der Waals surface area contributed by atoms with E-state index in [2.05, 4.69) is 26.6 Å². The quantitative estimate of drug-likeness (QED) is 0.833. The summed E-state index contributed by atoms with van der Waals surface area (Å²) in [5.41, 5.74) is 2.47. The maximum absolute atomic E-state index is 12.1. The van der Waals surface area contributed by atoms with E-state index in [1.807, 2.05) is 50.2 Å². The zero-order valence-electron chi connectivity index (χ0n) is 11.9. The minimum atomic E-state index is -0.313. The maximum atomic E-state index is 12.1. The van der Waals surface area contributed by atoms with Crippen molar-refractivity contribution in [1.82, 2.24) is 0 Å². The Labute approximate surface area is 132 Å². The lowest BCUT2D eigenvalue weighted by atomic mass is 10.2. The van der Waals surface area contributed by atoms with Crippen LogP contribution >= 0.6 is 15.9 Å². The van der Waals surface area contributed by atoms with Gasteiger partial charge < -0.3 is 15.4 Å². The minimum Gasteiger partial charge on any atom is -0.492 e. The van der Waals surface area contributed by atoms with Crippen LogP contribution in [0.3, 0.4) is 0 Å². The molecule has 2 aromatic rings. The molecule has 0 saturated carbocycles. The van der Waals surface area contributed by atoms with Crippen molar-refractivity contribution in [2.24, 2.45) is 0 Å². The summed E-state index contributed by atoms with van der Waals surface area (Å²) in [6.07, 6.45) is 0. The number of hydrogen-bond donors (Lipinski definition) is 2. The van der Waals surface area contributed by atoms with E-state index in [1.165, 1.54) is 0 Å². The first-order valence-electron chi connectivity index (χ1n) is 6.66. The molecule has 0 aromatic heterocycles. The van der Waals surface area contributed by atoms with Crippen LogP contribution in [-0.2, 0) is 0 Å². The zero-order valence-corrected chi connectivity index (χ0v) is 13.5. The summed E-state index contributed by atoms with van der Waals surface area (Å²) in [5, 5.41) is 5.59. The number of amides is 2. The van der Waals surface area contributed by atoms with Crippen molar-refractivity contribution in [3.05, 3.63) is 52.5 Å². The molecule has 0 unspecified atom stereocenters. The van der Waals surface area contributed by atoms with Gasteiger partial charge >= 0.3 is 6.03 Å². The largest absolute Gasteiger partial charge is 0.492 e. The van der Waals surface area contributed by atoms with E-state index in [4.69, 9.17) is 4.74 Å². The van der Waals surface area contributed by atoms with Crippen LogP contribution in [0.5, 0.6) is 5.75 Å². The van der Waals surface area contributed by atoms with Gasteiger partial charge in [-0.05, 0) is 59.6 Å². The fourth-order valence-electron chi connectivity index (χ4n) is 1.85. The standard InChI is InChI=1S/C16H17BrN2O2/c1-3-21-15-7-5-4-6-14(15)19-16(20)18-13-9-8-11(2)10-12(13)17/h4-10H,3H2,1-2H3,(H2,18,19,20). The van der Waals surface area contributed by atoms with E-state index in [0.29, 0.717) is 23.7 Å². The molecule has 0 atom stereocenters. The van der Waals surface area contributed by atoms with Gasteiger partial charge in [-0.1, -0.05) is 18.2 Å². The molecule has 0 bridgehead atoms. The van der Waals surface area contributed by atoms with Crippen LogP contribution in [0.1, 0.15) is 12.5 Å². The van der Waals surface area contributed by atoms with Crippen molar-refractivity contribution >= 4 is 33.3 Å². The second-order valence-corrected chi connectivity index (χ2v) is 5.35. The second-order valence-electron chi connectivity index (χ2n) is 4.49. The van der Waals surface area contributed by atoms with Gasteiger partial charge in [0, 0.05) is 4.47 Å². The third kappa shape index (κ3) is 4.23. The van der Waals surface area contributed by atoms with Gasteiger partial charge in [-0.3, -0.25) is 0 Å². The van der Waals surface area contributed by atoms with Crippen molar-refractivity contribution in [1.29, 1.82) is 0 Å². The Morgan fingerprint density at radius 2 is 1.86 bits per heavy atom. The smallest absolute Gasteiger partial charge is 0.323 e. The van der Waals surface area contributed by atoms with Crippen LogP contribution in [-0.4, -0.2) is 12.6 Å². The molecule has 21 heavy (non-hydrogen) atoms. The lowest BCUT2D eigenvalue weighted by molar-refractivity contribution is 0.262. The number of aryl methyl sites for hydroxylation is 1. The maximum Gasteiger partial charge on any atom is 0.323 e. The predicted octanol–water partition coefficient (Wildman–Crippen LogP) is 4.80. The number of hydrogen-bond acceptors (Lipinski definition) is 2. The van der Waals surface area contributed by atoms with Gasteiger partial charge in [0.15, 0.2) is 0 Å². The normalized spacial score (nSPS) is 10.0. The SMILES string of the molecule is CCOc1ccccc1NC(=O)Nc1ccc(C)cc1Br. The second kappa shape index (κ2) is 7.13. The number of carbonyl (C=O) groups excluding carboxylic acids is 1. The van der Waals surface area contributed by atoms with Crippen molar-refractivity contribution < 1.29 is 9.53 Å². The average Bonchev–Trinajstić information content (AvgIpc) is 2.44. The summed E-state index contributed by atoms with van der Waals surface area (Å²) >= 11 is 3.43. The molecular formula is C16H17BrN2O2. The number of carbonyl (C=O) groups is 1. The highest BCUT2D eigenvalue weighted by molar-refractivity contribution is 9.10. The molecular weight excluding hydrogens is 332 g/mol. The van der Waals surface area contributed by atoms with Crippen molar-refractivity contribution in [2.45, 2.75) is 13.8 Å². The van der Waals surface area contributed by atoms with Gasteiger partial charge in [0.25, 0.3) is 0 Å². The van der Waals surface area contributed by atoms with E-state index < -0.39 is 0 Å². The van der Waals surface area contributed by atoms with Crippen LogP contribution in [0.15, 0.2) is 46.9 Å². The third-order valence-corrected chi connectivity index (χ3v) is 3.46. The molecule has 2 aromatic carbocycles. The molecule has 5 heteroatoms. The molecule has 0 aliphatic heterocycles. The fourth-order valence-corrected chi connectivity index (χ4v) is 2.44. The molecule has 0 fully saturated rings. The van der Waals surface area contributed by atoms with Crippen molar-refractivity contribution in [3.8, 4) is 5.75 Å². The zero-order chi connectivity index (χ0) is 15.2. The predicted molar refractivity (Wildman–Crippen MR) is 89.1 cm³/mol. The fraction of sp³-hybridized carbons (Fsp3) is 0.188. The van der Waals surface area contributed by atoms with E-state index in [1.54, 1.807) is 6.07 Å². The first kappa shape index (κ1) is 15.4. The van der Waals surface area contributed by atoms with Crippen LogP contribution in [0.2, 0.25) is 0 Å². The minimum absolute atomic E-state index is 0.313. The average molecular weight is 349 g/mol. The molecule has 4 nitrogen and oxygen atoms in total. The summed E-state index contributed by atoms with van der Waals surface area (Å²) in [6.45, 7) is 4.44. The number of nitrogens with one attached hydrogen (secondary N) is 2. The Hall–Kier alpha value is -2.01. The number of benzene rings is 2. The highest BCUT2D eigenvalue weighted by Crippen LogP contribution is 2.26. The van der Waals surface area contributed by atoms with Gasteiger partial charge in [-0.2, -0.15) is 0 Å². The number of ether oxygens (including phenoxy) is 1. The highest BCUT2D eigenvalue weighted by atomic mass is 79.9. The monoisotopic (exact) mass is 348 g/mol. The molecule has 2 amide bonds. The number of para-hydroxylation sites is 2. The first-order valence-corrected chi connectivity index (χ1v) is 7.45. The lowest BCUT2D eigenvalue weighted by Crippen LogP contribution is -2.20. The highest BCUT2D eigenvalue weighted by Gasteiger charge is 2.09. The molecule has 0 heterocycles. The number of urea groups is 1. The van der Waals surface area contributed by atoms with Gasteiger partial charge in [0.2, 0.25) is 0 Å². The number of halogens is 1. The number of rotatable bonds is 4. The Balaban J connectivity index is 2.08. The van der Waals surface area contributed by atoms with Crippen LogP contribution < -0.4 is 15.4 Å². The Morgan fingerprint density at radius 3 is 2.57 bits per heavy atom. The summed E-state index contributed by atoms with van der Waals surface area (Å²) in [4.78, 5) is 12.1. The van der Waals surface area contributed by atoms with E-state index in [0.717, 1.165) is 10.0 Å². The van der Waals surface area contributed by atoms with E-state index in [9.17, 15) is 4.79 Å². The topological polar surface area (TPSA) is 50.4 Å². The molecule has 110 valence electrons. The number of anilines is 2. The van der Waals surface area contributed by atoms with Crippen molar-refractivity contribution in [3.63, 3.8) is 0 Å². The summed E-state index contributed by atoms with van der Waals surface area (Å²) in [6, 6.07) is 12.8. The lowest BCUT2D eigenvalue weighted by Gasteiger charge is -2.13. The summed E-state index contributed by atoms with van der Waals surface area (Å²) in [7, 11) is 0. The van der Waals surface area contributed by atoms with Gasteiger partial charge in [0.05, 0.1) is 18.0 Å². The molecule has 0 aliphatic carbocycles. The molecule has 2 rings (SSSR count). The summed E-state index contributed by atoms with van der Waals surface area (Å²) in [5.74, 6) is 0.651. The molecule has 0 saturated heterocycles. The van der Waals surface area contributed by atoms with Gasteiger partial charge in [-0.25, -0.2) is 4.79 Å².